The van der Waals surface area contributed by atoms with Crippen LogP contribution in [0.15, 0.2) is 64.7 Å². The number of nitrogens with zero attached hydrogens (tertiary/aromatic N) is 2. The largest absolute Gasteiger partial charge is 0.326 e. The van der Waals surface area contributed by atoms with Gasteiger partial charge in [-0.25, -0.2) is 9.37 Å². The fourth-order valence-electron chi connectivity index (χ4n) is 2.72. The van der Waals surface area contributed by atoms with E-state index in [-0.39, 0.29) is 28.3 Å². The van der Waals surface area contributed by atoms with E-state index in [1.54, 1.807) is 24.3 Å². The number of carbonyl (C=O) groups is 3. The molecule has 0 radical (unpaired) electrons. The molecule has 0 saturated heterocycles. The van der Waals surface area contributed by atoms with Gasteiger partial charge in [-0.2, -0.15) is 0 Å². The minimum Gasteiger partial charge on any atom is -0.326 e. The zero-order valence-corrected chi connectivity index (χ0v) is 18.5. The zero-order valence-electron chi connectivity index (χ0n) is 17.7. The van der Waals surface area contributed by atoms with Crippen LogP contribution in [-0.4, -0.2) is 33.0 Å². The highest BCUT2D eigenvalue weighted by Crippen LogP contribution is 2.17. The van der Waals surface area contributed by atoms with Crippen molar-refractivity contribution < 1.29 is 18.8 Å². The summed E-state index contributed by atoms with van der Waals surface area (Å²) in [5.41, 5.74) is 0.724. The smallest absolute Gasteiger partial charge is 0.266 e. The molecule has 3 N–H and O–H groups in total. The van der Waals surface area contributed by atoms with E-state index in [1.807, 2.05) is 0 Å². The van der Waals surface area contributed by atoms with Gasteiger partial charge in [-0.3, -0.25) is 23.7 Å². The number of anilines is 3. The molecule has 3 amide bonds. The quantitative estimate of drug-likeness (QED) is 0.361. The highest BCUT2D eigenvalue weighted by molar-refractivity contribution is 7.99. The van der Waals surface area contributed by atoms with Crippen LogP contribution in [0, 0.1) is 5.82 Å². The topological polar surface area (TPSA) is 122 Å². The summed E-state index contributed by atoms with van der Waals surface area (Å²) in [6.07, 6.45) is 1.14. The number of aromatic nitrogens is 2. The number of rotatable bonds is 7. The van der Waals surface area contributed by atoms with Gasteiger partial charge in [0, 0.05) is 37.2 Å². The van der Waals surface area contributed by atoms with Crippen LogP contribution in [0.25, 0.3) is 0 Å². The molecule has 0 bridgehead atoms. The second kappa shape index (κ2) is 10.6. The van der Waals surface area contributed by atoms with Gasteiger partial charge in [0.15, 0.2) is 5.16 Å². The van der Waals surface area contributed by atoms with E-state index >= 15 is 0 Å². The summed E-state index contributed by atoms with van der Waals surface area (Å²) in [7, 11) is 1.45. The predicted octanol–water partition coefficient (Wildman–Crippen LogP) is 2.86. The molecule has 33 heavy (non-hydrogen) atoms. The molecular weight excluding hydrogens is 449 g/mol. The second-order valence-electron chi connectivity index (χ2n) is 6.88. The minimum atomic E-state index is -0.674. The summed E-state index contributed by atoms with van der Waals surface area (Å²) in [5.74, 6) is -1.65. The van der Waals surface area contributed by atoms with Crippen molar-refractivity contribution in [2.24, 2.45) is 7.05 Å². The van der Waals surface area contributed by atoms with Crippen LogP contribution in [0.2, 0.25) is 0 Å². The minimum absolute atomic E-state index is 0.0190. The fourth-order valence-corrected chi connectivity index (χ4v) is 3.45. The Balaban J connectivity index is 1.60. The first-order valence-electron chi connectivity index (χ1n) is 9.66. The van der Waals surface area contributed by atoms with Crippen molar-refractivity contribution in [3.05, 3.63) is 76.5 Å². The van der Waals surface area contributed by atoms with E-state index in [0.29, 0.717) is 17.1 Å². The van der Waals surface area contributed by atoms with Gasteiger partial charge < -0.3 is 16.0 Å². The van der Waals surface area contributed by atoms with Crippen LogP contribution in [0.5, 0.6) is 0 Å². The predicted molar refractivity (Wildman–Crippen MR) is 124 cm³/mol. The van der Waals surface area contributed by atoms with E-state index in [4.69, 9.17) is 0 Å². The number of carbonyl (C=O) groups excluding carboxylic acids is 3. The van der Waals surface area contributed by atoms with E-state index in [0.717, 1.165) is 18.0 Å². The highest BCUT2D eigenvalue weighted by atomic mass is 32.2. The molecule has 0 fully saturated rings. The Bertz CT molecular complexity index is 1240. The first kappa shape index (κ1) is 23.7. The maximum atomic E-state index is 13.0. The highest BCUT2D eigenvalue weighted by Gasteiger charge is 2.16. The van der Waals surface area contributed by atoms with Crippen LogP contribution in [-0.2, 0) is 16.6 Å². The van der Waals surface area contributed by atoms with Gasteiger partial charge in [0.2, 0.25) is 11.8 Å². The summed E-state index contributed by atoms with van der Waals surface area (Å²) in [5, 5.41) is 8.11. The third-order valence-electron chi connectivity index (χ3n) is 4.29. The molecule has 0 saturated carbocycles. The monoisotopic (exact) mass is 469 g/mol. The molecule has 0 aliphatic carbocycles. The van der Waals surface area contributed by atoms with Crippen molar-refractivity contribution in [2.75, 3.05) is 21.7 Å². The van der Waals surface area contributed by atoms with Gasteiger partial charge in [-0.05, 0) is 48.5 Å². The number of hydrogen-bond donors (Lipinski definition) is 3. The Morgan fingerprint density at radius 1 is 0.939 bits per heavy atom. The van der Waals surface area contributed by atoms with Crippen molar-refractivity contribution in [2.45, 2.75) is 12.1 Å². The normalized spacial score (nSPS) is 10.4. The van der Waals surface area contributed by atoms with Crippen molar-refractivity contribution in [3.63, 3.8) is 0 Å². The number of thioether (sulfide) groups is 1. The lowest BCUT2D eigenvalue weighted by Crippen LogP contribution is -2.29. The van der Waals surface area contributed by atoms with E-state index in [1.165, 1.54) is 42.8 Å². The fraction of sp³-hybridized carbons (Fsp3) is 0.136. The molecule has 1 aromatic heterocycles. The Morgan fingerprint density at radius 2 is 1.48 bits per heavy atom. The molecule has 9 nitrogen and oxygen atoms in total. The Morgan fingerprint density at radius 3 is 2.09 bits per heavy atom. The Kier molecular flexibility index (Phi) is 7.57. The summed E-state index contributed by atoms with van der Waals surface area (Å²) < 4.78 is 14.2. The van der Waals surface area contributed by atoms with Gasteiger partial charge in [-0.1, -0.05) is 11.8 Å². The average Bonchev–Trinajstić information content (AvgIpc) is 2.77. The number of hydrogen-bond acceptors (Lipinski definition) is 6. The standard InChI is InChI=1S/C22H20FN5O4S/c1-13(29)25-15-7-9-16(10-8-15)26-19(30)12-33-22-24-11-18(21(32)28(22)2)20(31)27-17-5-3-14(23)4-6-17/h3-11H,12H2,1-2H3,(H,25,29)(H,26,30)(H,27,31). The van der Waals surface area contributed by atoms with Crippen LogP contribution >= 0.6 is 11.8 Å². The third-order valence-corrected chi connectivity index (χ3v) is 5.34. The number of halogens is 1. The molecule has 0 aliphatic rings. The SMILES string of the molecule is CC(=O)Nc1ccc(NC(=O)CSc2ncc(C(=O)Nc3ccc(F)cc3)c(=O)n2C)cc1. The van der Waals surface area contributed by atoms with Crippen LogP contribution in [0.1, 0.15) is 17.3 Å². The molecule has 0 unspecified atom stereocenters. The van der Waals surface area contributed by atoms with E-state index < -0.39 is 17.3 Å². The van der Waals surface area contributed by atoms with Crippen LogP contribution < -0.4 is 21.5 Å². The molecule has 3 rings (SSSR count). The lowest BCUT2D eigenvalue weighted by Gasteiger charge is -2.10. The molecule has 2 aromatic carbocycles. The molecule has 1 heterocycles. The van der Waals surface area contributed by atoms with Crippen LogP contribution in [0.3, 0.4) is 0 Å². The van der Waals surface area contributed by atoms with E-state index in [9.17, 15) is 23.6 Å². The van der Waals surface area contributed by atoms with Gasteiger partial charge in [0.25, 0.3) is 11.5 Å². The van der Waals surface area contributed by atoms with E-state index in [2.05, 4.69) is 20.9 Å². The van der Waals surface area contributed by atoms with Gasteiger partial charge in [0.1, 0.15) is 11.4 Å². The van der Waals surface area contributed by atoms with Crippen molar-refractivity contribution >= 4 is 46.5 Å². The first-order valence-corrected chi connectivity index (χ1v) is 10.6. The zero-order chi connectivity index (χ0) is 24.0. The molecule has 170 valence electrons. The van der Waals surface area contributed by atoms with Crippen LogP contribution in [0.4, 0.5) is 21.5 Å². The number of amides is 3. The van der Waals surface area contributed by atoms with Gasteiger partial charge in [0.05, 0.1) is 5.75 Å². The lowest BCUT2D eigenvalue weighted by atomic mass is 10.2. The van der Waals surface area contributed by atoms with Crippen molar-refractivity contribution in [1.82, 2.24) is 9.55 Å². The Labute approximate surface area is 192 Å². The van der Waals surface area contributed by atoms with Crippen molar-refractivity contribution in [1.29, 1.82) is 0 Å². The molecule has 0 atom stereocenters. The molecule has 0 spiro atoms. The molecule has 11 heteroatoms. The van der Waals surface area contributed by atoms with Gasteiger partial charge in [-0.15, -0.1) is 0 Å². The Hall–Kier alpha value is -3.99. The summed E-state index contributed by atoms with van der Waals surface area (Å²) in [6.45, 7) is 1.40. The number of nitrogens with one attached hydrogen (secondary N) is 3. The molecule has 3 aromatic rings. The lowest BCUT2D eigenvalue weighted by molar-refractivity contribution is -0.114. The van der Waals surface area contributed by atoms with Crippen molar-refractivity contribution in [3.8, 4) is 0 Å². The first-order chi connectivity index (χ1) is 15.7. The maximum Gasteiger partial charge on any atom is 0.266 e. The molecule has 0 aliphatic heterocycles. The summed E-state index contributed by atoms with van der Waals surface area (Å²) in [4.78, 5) is 52.4. The second-order valence-corrected chi connectivity index (χ2v) is 7.82. The summed E-state index contributed by atoms with van der Waals surface area (Å²) >= 11 is 1.04. The average molecular weight is 469 g/mol. The summed E-state index contributed by atoms with van der Waals surface area (Å²) in [6, 6.07) is 11.7. The molecular formula is C22H20FN5O4S. The van der Waals surface area contributed by atoms with Gasteiger partial charge >= 0.3 is 0 Å². The third kappa shape index (κ3) is 6.50. The number of benzene rings is 2. The maximum absolute atomic E-state index is 13.0.